The van der Waals surface area contributed by atoms with Gasteiger partial charge in [0, 0.05) is 6.04 Å². The minimum atomic E-state index is -0.834. The largest absolute Gasteiger partial charge is 0.481 e. The quantitative estimate of drug-likeness (QED) is 0.738. The zero-order chi connectivity index (χ0) is 12.4. The van der Waals surface area contributed by atoms with Gasteiger partial charge >= 0.3 is 5.97 Å². The number of nitrogens with one attached hydrogen (secondary N) is 1. The third-order valence-corrected chi connectivity index (χ3v) is 4.05. The van der Waals surface area contributed by atoms with Crippen LogP contribution in [0.3, 0.4) is 0 Å². The lowest BCUT2D eigenvalue weighted by atomic mass is 10.0. The van der Waals surface area contributed by atoms with Gasteiger partial charge < -0.3 is 10.4 Å². The molecular formula is C13H21NO3. The van der Waals surface area contributed by atoms with E-state index in [0.717, 1.165) is 25.2 Å². The first-order valence-corrected chi connectivity index (χ1v) is 6.61. The van der Waals surface area contributed by atoms with E-state index in [4.69, 9.17) is 5.11 Å². The van der Waals surface area contributed by atoms with E-state index in [1.54, 1.807) is 0 Å². The molecule has 0 saturated heterocycles. The van der Waals surface area contributed by atoms with Gasteiger partial charge in [0.1, 0.15) is 0 Å². The number of carbonyl (C=O) groups is 2. The highest BCUT2D eigenvalue weighted by molar-refractivity contribution is 5.89. The van der Waals surface area contributed by atoms with Gasteiger partial charge in [-0.25, -0.2) is 0 Å². The van der Waals surface area contributed by atoms with Crippen molar-refractivity contribution in [2.24, 2.45) is 17.8 Å². The second-order valence-electron chi connectivity index (χ2n) is 5.61. The maximum atomic E-state index is 11.8. The van der Waals surface area contributed by atoms with Crippen LogP contribution < -0.4 is 5.32 Å². The molecule has 2 fully saturated rings. The molecule has 0 spiro atoms. The van der Waals surface area contributed by atoms with Crippen LogP contribution in [0.4, 0.5) is 0 Å². The van der Waals surface area contributed by atoms with E-state index >= 15 is 0 Å². The van der Waals surface area contributed by atoms with Crippen LogP contribution in [0.5, 0.6) is 0 Å². The molecule has 96 valence electrons. The molecule has 0 aliphatic heterocycles. The standard InChI is InChI=1S/C13H21NO3/c1-8-3-2-4-9(6-5-8)14-12(15)10-7-11(10)13(16)17/h8-11H,2-7H2,1H3,(H,14,15)(H,16,17)/t8?,9?,10-,11+/m1/s1. The molecule has 4 heteroatoms. The summed E-state index contributed by atoms with van der Waals surface area (Å²) in [6, 6.07) is 0.266. The van der Waals surface area contributed by atoms with Gasteiger partial charge in [-0.05, 0) is 31.6 Å². The predicted octanol–water partition coefficient (Wildman–Crippen LogP) is 1.79. The molecule has 1 amide bonds. The molecule has 0 aromatic rings. The monoisotopic (exact) mass is 239 g/mol. The molecule has 4 atom stereocenters. The molecule has 2 unspecified atom stereocenters. The van der Waals surface area contributed by atoms with Crippen LogP contribution >= 0.6 is 0 Å². The lowest BCUT2D eigenvalue weighted by Crippen LogP contribution is -2.36. The van der Waals surface area contributed by atoms with Crippen LogP contribution in [0.25, 0.3) is 0 Å². The number of carbonyl (C=O) groups excluding carboxylic acids is 1. The zero-order valence-corrected chi connectivity index (χ0v) is 10.3. The summed E-state index contributed by atoms with van der Waals surface area (Å²) in [4.78, 5) is 22.5. The second kappa shape index (κ2) is 5.07. The van der Waals surface area contributed by atoms with Crippen molar-refractivity contribution >= 4 is 11.9 Å². The molecule has 0 aromatic heterocycles. The molecule has 0 aromatic carbocycles. The van der Waals surface area contributed by atoms with Gasteiger partial charge in [0.15, 0.2) is 0 Å². The number of carboxylic acids is 1. The molecule has 0 bridgehead atoms. The number of aliphatic carboxylic acids is 1. The van der Waals surface area contributed by atoms with Crippen molar-refractivity contribution in [2.75, 3.05) is 0 Å². The Morgan fingerprint density at radius 1 is 1.12 bits per heavy atom. The van der Waals surface area contributed by atoms with E-state index in [1.807, 2.05) is 0 Å². The zero-order valence-electron chi connectivity index (χ0n) is 10.3. The van der Waals surface area contributed by atoms with Gasteiger partial charge in [-0.1, -0.05) is 19.8 Å². The van der Waals surface area contributed by atoms with Crippen molar-refractivity contribution in [3.63, 3.8) is 0 Å². The summed E-state index contributed by atoms with van der Waals surface area (Å²) >= 11 is 0. The fourth-order valence-corrected chi connectivity index (χ4v) is 2.70. The van der Waals surface area contributed by atoms with Crippen LogP contribution in [-0.2, 0) is 9.59 Å². The maximum absolute atomic E-state index is 11.8. The molecule has 0 heterocycles. The van der Waals surface area contributed by atoms with Crippen molar-refractivity contribution in [3.8, 4) is 0 Å². The highest BCUT2D eigenvalue weighted by Crippen LogP contribution is 2.39. The Kier molecular flexibility index (Phi) is 3.69. The van der Waals surface area contributed by atoms with Crippen molar-refractivity contribution in [3.05, 3.63) is 0 Å². The average molecular weight is 239 g/mol. The topological polar surface area (TPSA) is 66.4 Å². The summed E-state index contributed by atoms with van der Waals surface area (Å²) in [7, 11) is 0. The smallest absolute Gasteiger partial charge is 0.307 e. The van der Waals surface area contributed by atoms with E-state index < -0.39 is 11.9 Å². The molecule has 2 saturated carbocycles. The van der Waals surface area contributed by atoms with Crippen LogP contribution in [0.15, 0.2) is 0 Å². The van der Waals surface area contributed by atoms with Gasteiger partial charge in [-0.3, -0.25) is 9.59 Å². The van der Waals surface area contributed by atoms with Crippen LogP contribution in [0.1, 0.15) is 45.4 Å². The van der Waals surface area contributed by atoms with Crippen LogP contribution in [-0.4, -0.2) is 23.0 Å². The highest BCUT2D eigenvalue weighted by Gasteiger charge is 2.48. The van der Waals surface area contributed by atoms with Crippen molar-refractivity contribution in [2.45, 2.75) is 51.5 Å². The SMILES string of the molecule is CC1CCCC(NC(=O)[C@@H]2C[C@@H]2C(=O)O)CC1. The first kappa shape index (κ1) is 12.4. The summed E-state index contributed by atoms with van der Waals surface area (Å²) in [5.41, 5.74) is 0. The van der Waals surface area contributed by atoms with Crippen LogP contribution in [0, 0.1) is 17.8 Å². The summed E-state index contributed by atoms with van der Waals surface area (Å²) in [6.45, 7) is 2.26. The maximum Gasteiger partial charge on any atom is 0.307 e. The van der Waals surface area contributed by atoms with Gasteiger partial charge in [0.05, 0.1) is 11.8 Å². The summed E-state index contributed by atoms with van der Waals surface area (Å²) < 4.78 is 0. The van der Waals surface area contributed by atoms with E-state index in [2.05, 4.69) is 12.2 Å². The number of hydrogen-bond donors (Lipinski definition) is 2. The Morgan fingerprint density at radius 2 is 1.88 bits per heavy atom. The fourth-order valence-electron chi connectivity index (χ4n) is 2.70. The third-order valence-electron chi connectivity index (χ3n) is 4.05. The van der Waals surface area contributed by atoms with Gasteiger partial charge in [-0.15, -0.1) is 0 Å². The number of carboxylic acid groups (broad SMARTS) is 1. The second-order valence-corrected chi connectivity index (χ2v) is 5.61. The normalized spacial score (nSPS) is 37.0. The minimum Gasteiger partial charge on any atom is -0.481 e. The van der Waals surface area contributed by atoms with Gasteiger partial charge in [0.2, 0.25) is 5.91 Å². The van der Waals surface area contributed by atoms with Crippen molar-refractivity contribution in [1.29, 1.82) is 0 Å². The van der Waals surface area contributed by atoms with Crippen LogP contribution in [0.2, 0.25) is 0 Å². The van der Waals surface area contributed by atoms with E-state index in [0.29, 0.717) is 6.42 Å². The summed E-state index contributed by atoms with van der Waals surface area (Å²) in [6.07, 6.45) is 6.17. The molecule has 2 rings (SSSR count). The third kappa shape index (κ3) is 3.20. The predicted molar refractivity (Wildman–Crippen MR) is 63.4 cm³/mol. The Morgan fingerprint density at radius 3 is 2.53 bits per heavy atom. The Hall–Kier alpha value is -1.06. The molecule has 2 aliphatic rings. The highest BCUT2D eigenvalue weighted by atomic mass is 16.4. The molecular weight excluding hydrogens is 218 g/mol. The van der Waals surface area contributed by atoms with E-state index in [-0.39, 0.29) is 17.9 Å². The molecule has 4 nitrogen and oxygen atoms in total. The molecule has 2 N–H and O–H groups in total. The first-order chi connectivity index (χ1) is 8.08. The average Bonchev–Trinajstić information content (AvgIpc) is 3.04. The summed E-state index contributed by atoms with van der Waals surface area (Å²) in [5.74, 6) is -0.825. The lowest BCUT2D eigenvalue weighted by molar-refractivity contribution is -0.140. The Bertz CT molecular complexity index is 316. The van der Waals surface area contributed by atoms with E-state index in [9.17, 15) is 9.59 Å². The molecule has 2 aliphatic carbocycles. The molecule has 0 radical (unpaired) electrons. The van der Waals surface area contributed by atoms with E-state index in [1.165, 1.54) is 12.8 Å². The minimum absolute atomic E-state index is 0.0445. The number of amides is 1. The first-order valence-electron chi connectivity index (χ1n) is 6.61. The Balaban J connectivity index is 1.77. The van der Waals surface area contributed by atoms with Gasteiger partial charge in [0.25, 0.3) is 0 Å². The Labute approximate surface area is 102 Å². The van der Waals surface area contributed by atoms with Crippen molar-refractivity contribution < 1.29 is 14.7 Å². The number of hydrogen-bond acceptors (Lipinski definition) is 2. The summed E-state index contributed by atoms with van der Waals surface area (Å²) in [5, 5.41) is 11.8. The molecule has 17 heavy (non-hydrogen) atoms. The lowest BCUT2D eigenvalue weighted by Gasteiger charge is -2.16. The number of rotatable bonds is 3. The van der Waals surface area contributed by atoms with Gasteiger partial charge in [-0.2, -0.15) is 0 Å². The van der Waals surface area contributed by atoms with Crippen molar-refractivity contribution in [1.82, 2.24) is 5.32 Å². The fraction of sp³-hybridized carbons (Fsp3) is 0.846.